The van der Waals surface area contributed by atoms with Crippen LogP contribution in [0.4, 0.5) is 5.69 Å². The minimum absolute atomic E-state index is 0.341. The molecule has 3 aliphatic rings. The fourth-order valence-electron chi connectivity index (χ4n) is 3.57. The number of benzene rings is 1. The zero-order valence-electron chi connectivity index (χ0n) is 12.2. The van der Waals surface area contributed by atoms with Crippen molar-refractivity contribution in [3.63, 3.8) is 0 Å². The van der Waals surface area contributed by atoms with E-state index in [9.17, 15) is 0 Å². The van der Waals surface area contributed by atoms with Crippen molar-refractivity contribution in [1.82, 2.24) is 4.90 Å². The highest BCUT2D eigenvalue weighted by molar-refractivity contribution is 5.51. The van der Waals surface area contributed by atoms with Crippen molar-refractivity contribution in [3.8, 4) is 6.07 Å². The molecule has 4 nitrogen and oxygen atoms in total. The Morgan fingerprint density at radius 3 is 2.71 bits per heavy atom. The molecule has 1 aromatic rings. The van der Waals surface area contributed by atoms with E-state index in [4.69, 9.17) is 10.00 Å². The van der Waals surface area contributed by atoms with Crippen molar-refractivity contribution in [2.45, 2.75) is 25.0 Å². The molecule has 2 atom stereocenters. The molecule has 0 radical (unpaired) electrons. The highest BCUT2D eigenvalue weighted by Gasteiger charge is 2.41. The van der Waals surface area contributed by atoms with E-state index >= 15 is 0 Å². The van der Waals surface area contributed by atoms with Crippen molar-refractivity contribution in [3.05, 3.63) is 29.8 Å². The SMILES string of the molecule is N#Cc1ccc(N2C[C@@H]3OCCN(CC4CC4)[C@@H]3C2)cc1. The molecule has 0 spiro atoms. The van der Waals surface area contributed by atoms with E-state index in [1.807, 2.05) is 12.1 Å². The van der Waals surface area contributed by atoms with Gasteiger partial charge in [-0.2, -0.15) is 5.26 Å². The summed E-state index contributed by atoms with van der Waals surface area (Å²) in [5.74, 6) is 0.938. The normalized spacial score (nSPS) is 29.2. The molecule has 0 bridgehead atoms. The second-order valence-electron chi connectivity index (χ2n) is 6.48. The number of fused-ring (bicyclic) bond motifs is 1. The minimum atomic E-state index is 0.341. The first-order valence-electron chi connectivity index (χ1n) is 7.94. The first-order valence-corrected chi connectivity index (χ1v) is 7.94. The fraction of sp³-hybridized carbons (Fsp3) is 0.588. The summed E-state index contributed by atoms with van der Waals surface area (Å²) in [6.45, 7) is 5.22. The van der Waals surface area contributed by atoms with Gasteiger partial charge < -0.3 is 9.64 Å². The van der Waals surface area contributed by atoms with Crippen molar-refractivity contribution in [1.29, 1.82) is 5.26 Å². The zero-order chi connectivity index (χ0) is 14.2. The molecule has 1 aliphatic carbocycles. The van der Waals surface area contributed by atoms with Crippen LogP contribution < -0.4 is 4.90 Å². The number of hydrogen-bond donors (Lipinski definition) is 0. The molecule has 0 N–H and O–H groups in total. The van der Waals surface area contributed by atoms with Crippen LogP contribution >= 0.6 is 0 Å². The van der Waals surface area contributed by atoms with Crippen LogP contribution in [0.5, 0.6) is 0 Å². The topological polar surface area (TPSA) is 39.5 Å². The molecule has 110 valence electrons. The number of ether oxygens (including phenoxy) is 1. The number of morpholine rings is 1. The molecule has 0 aromatic heterocycles. The molecule has 4 rings (SSSR count). The van der Waals surface area contributed by atoms with Crippen LogP contribution in [0.2, 0.25) is 0 Å². The highest BCUT2D eigenvalue weighted by Crippen LogP contribution is 2.33. The van der Waals surface area contributed by atoms with E-state index in [0.29, 0.717) is 12.1 Å². The third-order valence-corrected chi connectivity index (χ3v) is 4.97. The summed E-state index contributed by atoms with van der Waals surface area (Å²) in [7, 11) is 0. The Kier molecular flexibility index (Phi) is 3.33. The molecule has 0 unspecified atom stereocenters. The zero-order valence-corrected chi connectivity index (χ0v) is 12.2. The lowest BCUT2D eigenvalue weighted by Crippen LogP contribution is -2.51. The lowest BCUT2D eigenvalue weighted by molar-refractivity contribution is -0.0480. The van der Waals surface area contributed by atoms with Gasteiger partial charge in [-0.15, -0.1) is 0 Å². The molecule has 4 heteroatoms. The lowest BCUT2D eigenvalue weighted by atomic mass is 10.1. The standard InChI is InChI=1S/C17H21N3O/c18-9-13-3-5-15(6-4-13)20-11-16-17(12-20)21-8-7-19(16)10-14-1-2-14/h3-6,14,16-17H,1-2,7-8,10-12H2/t16-,17+/m1/s1. The largest absolute Gasteiger partial charge is 0.373 e. The van der Waals surface area contributed by atoms with Gasteiger partial charge in [-0.25, -0.2) is 0 Å². The minimum Gasteiger partial charge on any atom is -0.373 e. The predicted octanol–water partition coefficient (Wildman–Crippen LogP) is 1.86. The van der Waals surface area contributed by atoms with Crippen LogP contribution in [0.15, 0.2) is 24.3 Å². The molecule has 3 fully saturated rings. The predicted molar refractivity (Wildman–Crippen MR) is 81.2 cm³/mol. The monoisotopic (exact) mass is 283 g/mol. The third kappa shape index (κ3) is 2.64. The Balaban J connectivity index is 1.47. The van der Waals surface area contributed by atoms with E-state index in [2.05, 4.69) is 28.0 Å². The molecular weight excluding hydrogens is 262 g/mol. The molecule has 0 amide bonds. The molecule has 2 saturated heterocycles. The fourth-order valence-corrected chi connectivity index (χ4v) is 3.57. The average Bonchev–Trinajstić information content (AvgIpc) is 3.23. The number of nitriles is 1. The van der Waals surface area contributed by atoms with Gasteiger partial charge in [-0.3, -0.25) is 4.90 Å². The van der Waals surface area contributed by atoms with Crippen LogP contribution in [-0.2, 0) is 4.74 Å². The van der Waals surface area contributed by atoms with Crippen molar-refractivity contribution in [2.75, 3.05) is 37.7 Å². The maximum absolute atomic E-state index is 8.90. The second kappa shape index (κ2) is 5.32. The van der Waals surface area contributed by atoms with E-state index in [-0.39, 0.29) is 0 Å². The number of rotatable bonds is 3. The van der Waals surface area contributed by atoms with Gasteiger partial charge in [0.25, 0.3) is 0 Å². The van der Waals surface area contributed by atoms with Gasteiger partial charge in [0.15, 0.2) is 0 Å². The maximum Gasteiger partial charge on any atom is 0.0991 e. The summed E-state index contributed by atoms with van der Waals surface area (Å²) < 4.78 is 6.00. The molecular formula is C17H21N3O. The summed E-state index contributed by atoms with van der Waals surface area (Å²) in [6, 6.07) is 10.6. The maximum atomic E-state index is 8.90. The highest BCUT2D eigenvalue weighted by atomic mass is 16.5. The average molecular weight is 283 g/mol. The molecule has 2 aliphatic heterocycles. The summed E-state index contributed by atoms with van der Waals surface area (Å²) >= 11 is 0. The van der Waals surface area contributed by atoms with Gasteiger partial charge >= 0.3 is 0 Å². The van der Waals surface area contributed by atoms with Gasteiger partial charge in [0.2, 0.25) is 0 Å². The van der Waals surface area contributed by atoms with E-state index in [1.54, 1.807) is 0 Å². The number of hydrogen-bond acceptors (Lipinski definition) is 4. The third-order valence-electron chi connectivity index (χ3n) is 4.97. The van der Waals surface area contributed by atoms with E-state index in [1.165, 1.54) is 25.1 Å². The van der Waals surface area contributed by atoms with Crippen LogP contribution in [0.1, 0.15) is 18.4 Å². The summed E-state index contributed by atoms with van der Waals surface area (Å²) in [4.78, 5) is 5.05. The van der Waals surface area contributed by atoms with Crippen LogP contribution in [0.25, 0.3) is 0 Å². The molecule has 2 heterocycles. The summed E-state index contributed by atoms with van der Waals surface area (Å²) in [5.41, 5.74) is 1.93. The molecule has 1 saturated carbocycles. The van der Waals surface area contributed by atoms with Crippen molar-refractivity contribution in [2.24, 2.45) is 5.92 Å². The van der Waals surface area contributed by atoms with E-state index < -0.39 is 0 Å². The Bertz CT molecular complexity index is 546. The smallest absolute Gasteiger partial charge is 0.0991 e. The van der Waals surface area contributed by atoms with Gasteiger partial charge in [-0.1, -0.05) is 0 Å². The van der Waals surface area contributed by atoms with Crippen molar-refractivity contribution >= 4 is 5.69 Å². The lowest BCUT2D eigenvalue weighted by Gasteiger charge is -2.36. The van der Waals surface area contributed by atoms with Crippen LogP contribution in [0.3, 0.4) is 0 Å². The Morgan fingerprint density at radius 2 is 2.00 bits per heavy atom. The van der Waals surface area contributed by atoms with Gasteiger partial charge in [-0.05, 0) is 43.0 Å². The number of anilines is 1. The first kappa shape index (κ1) is 13.1. The summed E-state index contributed by atoms with van der Waals surface area (Å²) in [5, 5.41) is 8.90. The Morgan fingerprint density at radius 1 is 1.19 bits per heavy atom. The van der Waals surface area contributed by atoms with Gasteiger partial charge in [0.1, 0.15) is 0 Å². The summed E-state index contributed by atoms with van der Waals surface area (Å²) in [6.07, 6.45) is 3.16. The van der Waals surface area contributed by atoms with E-state index in [0.717, 1.165) is 37.7 Å². The van der Waals surface area contributed by atoms with Crippen molar-refractivity contribution < 1.29 is 4.74 Å². The Labute approximate surface area is 125 Å². The first-order chi connectivity index (χ1) is 10.3. The molecule has 21 heavy (non-hydrogen) atoms. The quantitative estimate of drug-likeness (QED) is 0.849. The van der Waals surface area contributed by atoms with Crippen LogP contribution in [-0.4, -0.2) is 49.8 Å². The second-order valence-corrected chi connectivity index (χ2v) is 6.48. The van der Waals surface area contributed by atoms with Gasteiger partial charge in [0, 0.05) is 31.9 Å². The molecule has 1 aromatic carbocycles. The van der Waals surface area contributed by atoms with Crippen LogP contribution in [0, 0.1) is 17.2 Å². The Hall–Kier alpha value is -1.57. The van der Waals surface area contributed by atoms with Gasteiger partial charge in [0.05, 0.1) is 30.4 Å². The number of nitrogens with zero attached hydrogens (tertiary/aromatic N) is 3.